The Balaban J connectivity index is 2.21. The van der Waals surface area contributed by atoms with Gasteiger partial charge in [-0.3, -0.25) is 4.21 Å². The SMILES string of the molecule is O=S([O-])CCN1CCCN(CCS)CCC1. The fraction of sp³-hybridized carbons (Fsp3) is 1.00. The minimum absolute atomic E-state index is 0.264. The molecule has 0 spiro atoms. The van der Waals surface area contributed by atoms with Gasteiger partial charge in [-0.15, -0.1) is 0 Å². The molecule has 0 N–H and O–H groups in total. The van der Waals surface area contributed by atoms with E-state index in [0.29, 0.717) is 6.54 Å². The molecule has 1 fully saturated rings. The average molecular weight is 265 g/mol. The molecule has 1 aliphatic rings. The van der Waals surface area contributed by atoms with E-state index < -0.39 is 11.1 Å². The topological polar surface area (TPSA) is 46.6 Å². The predicted molar refractivity (Wildman–Crippen MR) is 69.8 cm³/mol. The van der Waals surface area contributed by atoms with Crippen molar-refractivity contribution in [1.29, 1.82) is 0 Å². The summed E-state index contributed by atoms with van der Waals surface area (Å²) < 4.78 is 21.0. The van der Waals surface area contributed by atoms with E-state index in [1.54, 1.807) is 0 Å². The summed E-state index contributed by atoms with van der Waals surface area (Å²) in [6.45, 7) is 5.99. The number of thiol groups is 1. The Bertz CT molecular complexity index is 207. The average Bonchev–Trinajstić information content (AvgIpc) is 2.20. The van der Waals surface area contributed by atoms with Gasteiger partial charge in [-0.05, 0) is 39.0 Å². The summed E-state index contributed by atoms with van der Waals surface area (Å²) in [5, 5.41) is 0. The number of hydrogen-bond donors (Lipinski definition) is 1. The van der Waals surface area contributed by atoms with E-state index in [1.165, 1.54) is 0 Å². The highest BCUT2D eigenvalue weighted by molar-refractivity contribution is 7.80. The third-order valence-electron chi connectivity index (χ3n) is 2.89. The first kappa shape index (κ1) is 14.4. The van der Waals surface area contributed by atoms with Crippen molar-refractivity contribution in [3.8, 4) is 0 Å². The van der Waals surface area contributed by atoms with Crippen molar-refractivity contribution in [2.45, 2.75) is 12.8 Å². The molecule has 0 bridgehead atoms. The van der Waals surface area contributed by atoms with Crippen LogP contribution in [0.4, 0.5) is 0 Å². The molecule has 96 valence electrons. The monoisotopic (exact) mass is 265 g/mol. The van der Waals surface area contributed by atoms with Gasteiger partial charge >= 0.3 is 0 Å². The van der Waals surface area contributed by atoms with Crippen molar-refractivity contribution in [3.63, 3.8) is 0 Å². The first-order chi connectivity index (χ1) is 7.72. The molecule has 4 nitrogen and oxygen atoms in total. The van der Waals surface area contributed by atoms with Crippen molar-refractivity contribution in [3.05, 3.63) is 0 Å². The molecule has 0 radical (unpaired) electrons. The van der Waals surface area contributed by atoms with Crippen LogP contribution < -0.4 is 0 Å². The molecule has 1 saturated heterocycles. The Morgan fingerprint density at radius 1 is 1.06 bits per heavy atom. The summed E-state index contributed by atoms with van der Waals surface area (Å²) in [4.78, 5) is 4.70. The van der Waals surface area contributed by atoms with Crippen molar-refractivity contribution in [1.82, 2.24) is 9.80 Å². The van der Waals surface area contributed by atoms with Crippen LogP contribution >= 0.6 is 12.6 Å². The second-order valence-electron chi connectivity index (χ2n) is 4.12. The molecule has 1 unspecified atom stereocenters. The van der Waals surface area contributed by atoms with E-state index in [4.69, 9.17) is 0 Å². The molecular weight excluding hydrogens is 244 g/mol. The molecule has 0 aromatic heterocycles. The Hall–Kier alpha value is 0.380. The third kappa shape index (κ3) is 6.20. The van der Waals surface area contributed by atoms with Crippen molar-refractivity contribution in [2.24, 2.45) is 0 Å². The van der Waals surface area contributed by atoms with E-state index in [2.05, 4.69) is 22.4 Å². The lowest BCUT2D eigenvalue weighted by atomic mass is 10.2. The van der Waals surface area contributed by atoms with Crippen LogP contribution in [0.1, 0.15) is 12.8 Å². The lowest BCUT2D eigenvalue weighted by molar-refractivity contribution is 0.193. The van der Waals surface area contributed by atoms with E-state index in [0.717, 1.165) is 51.3 Å². The van der Waals surface area contributed by atoms with E-state index in [1.807, 2.05) is 0 Å². The minimum atomic E-state index is -1.90. The number of nitrogens with zero attached hydrogens (tertiary/aromatic N) is 2. The Morgan fingerprint density at radius 3 is 2.00 bits per heavy atom. The van der Waals surface area contributed by atoms with Crippen molar-refractivity contribution < 1.29 is 8.76 Å². The van der Waals surface area contributed by atoms with Gasteiger partial charge in [0.25, 0.3) is 0 Å². The van der Waals surface area contributed by atoms with Gasteiger partial charge in [-0.25, -0.2) is 0 Å². The van der Waals surface area contributed by atoms with Crippen LogP contribution in [0.2, 0.25) is 0 Å². The molecule has 0 aromatic carbocycles. The molecule has 0 amide bonds. The molecule has 1 aliphatic heterocycles. The molecule has 1 atom stereocenters. The van der Waals surface area contributed by atoms with Gasteiger partial charge in [0.15, 0.2) is 0 Å². The fourth-order valence-electron chi connectivity index (χ4n) is 2.05. The maximum Gasteiger partial charge on any atom is 0.0229 e. The number of hydrogen-bond acceptors (Lipinski definition) is 5. The van der Waals surface area contributed by atoms with E-state index in [-0.39, 0.29) is 5.75 Å². The quantitative estimate of drug-likeness (QED) is 0.569. The van der Waals surface area contributed by atoms with Crippen LogP contribution in [0.3, 0.4) is 0 Å². The molecule has 0 saturated carbocycles. The zero-order valence-corrected chi connectivity index (χ0v) is 11.3. The van der Waals surface area contributed by atoms with Gasteiger partial charge in [0.05, 0.1) is 0 Å². The van der Waals surface area contributed by atoms with Crippen molar-refractivity contribution in [2.75, 3.05) is 50.8 Å². The molecule has 0 aromatic rings. The standard InChI is InChI=1S/C10H22N2O2S2/c13-16(14)10-8-12-5-1-3-11(7-9-15)4-2-6-12/h15H,1-10H2,(H,13,14)/p-1. The van der Waals surface area contributed by atoms with Gasteiger partial charge in [0, 0.05) is 24.6 Å². The van der Waals surface area contributed by atoms with Gasteiger partial charge in [0.1, 0.15) is 0 Å². The first-order valence-corrected chi connectivity index (χ1v) is 7.71. The Morgan fingerprint density at radius 2 is 1.56 bits per heavy atom. The lowest BCUT2D eigenvalue weighted by Crippen LogP contribution is -2.38. The highest BCUT2D eigenvalue weighted by Crippen LogP contribution is 2.04. The second-order valence-corrected chi connectivity index (χ2v) is 5.58. The maximum absolute atomic E-state index is 10.5. The van der Waals surface area contributed by atoms with Gasteiger partial charge in [-0.1, -0.05) is 11.1 Å². The highest BCUT2D eigenvalue weighted by Gasteiger charge is 2.11. The van der Waals surface area contributed by atoms with Crippen LogP contribution in [-0.2, 0) is 11.1 Å². The van der Waals surface area contributed by atoms with Gasteiger partial charge in [-0.2, -0.15) is 12.6 Å². The maximum atomic E-state index is 10.5. The molecule has 16 heavy (non-hydrogen) atoms. The molecule has 1 rings (SSSR count). The summed E-state index contributed by atoms with van der Waals surface area (Å²) >= 11 is 2.35. The molecule has 6 heteroatoms. The lowest BCUT2D eigenvalue weighted by Gasteiger charge is -2.30. The third-order valence-corrected chi connectivity index (χ3v) is 3.60. The molecular formula is C10H21N2O2S2-. The smallest absolute Gasteiger partial charge is 0.0229 e. The largest absolute Gasteiger partial charge is 0.772 e. The molecule has 1 heterocycles. The van der Waals surface area contributed by atoms with Crippen molar-refractivity contribution >= 4 is 23.7 Å². The van der Waals surface area contributed by atoms with Crippen LogP contribution in [0.25, 0.3) is 0 Å². The van der Waals surface area contributed by atoms with Crippen LogP contribution in [0.15, 0.2) is 0 Å². The zero-order valence-electron chi connectivity index (χ0n) is 9.64. The van der Waals surface area contributed by atoms with Gasteiger partial charge < -0.3 is 14.4 Å². The Labute approximate surface area is 106 Å². The normalized spacial score (nSPS) is 22.6. The minimum Gasteiger partial charge on any atom is -0.772 e. The van der Waals surface area contributed by atoms with E-state index >= 15 is 0 Å². The summed E-state index contributed by atoms with van der Waals surface area (Å²) in [6.07, 6.45) is 2.25. The van der Waals surface area contributed by atoms with Crippen LogP contribution in [-0.4, -0.2) is 69.3 Å². The first-order valence-electron chi connectivity index (χ1n) is 5.84. The highest BCUT2D eigenvalue weighted by atomic mass is 32.2. The van der Waals surface area contributed by atoms with Crippen LogP contribution in [0, 0.1) is 0 Å². The summed E-state index contributed by atoms with van der Waals surface area (Å²) in [7, 11) is 0. The van der Waals surface area contributed by atoms with Crippen LogP contribution in [0.5, 0.6) is 0 Å². The predicted octanol–water partition coefficient (Wildman–Crippen LogP) is 0.193. The second kappa shape index (κ2) is 8.47. The fourth-order valence-corrected chi connectivity index (χ4v) is 2.74. The molecule has 0 aliphatic carbocycles. The summed E-state index contributed by atoms with van der Waals surface area (Å²) in [5.41, 5.74) is 0. The number of rotatable bonds is 5. The van der Waals surface area contributed by atoms with Gasteiger partial charge in [0.2, 0.25) is 0 Å². The van der Waals surface area contributed by atoms with E-state index in [9.17, 15) is 8.76 Å². The summed E-state index contributed by atoms with van der Waals surface area (Å²) in [5.74, 6) is 1.18. The zero-order chi connectivity index (χ0) is 11.8. The summed E-state index contributed by atoms with van der Waals surface area (Å²) in [6, 6.07) is 0. The Kier molecular flexibility index (Phi) is 7.64.